The van der Waals surface area contributed by atoms with E-state index in [0.717, 1.165) is 12.8 Å². The van der Waals surface area contributed by atoms with Crippen LogP contribution in [-0.2, 0) is 9.47 Å². The number of halogens is 2. The summed E-state index contributed by atoms with van der Waals surface area (Å²) in [6.45, 7) is 1.32. The molecule has 1 aromatic rings. The van der Waals surface area contributed by atoms with Crippen LogP contribution >= 0.6 is 0 Å². The highest BCUT2D eigenvalue weighted by Gasteiger charge is 2.40. The highest BCUT2D eigenvalue weighted by molar-refractivity contribution is 5.90. The Labute approximate surface area is 138 Å². The average molecular weight is 339 g/mol. The van der Waals surface area contributed by atoms with E-state index in [0.29, 0.717) is 13.2 Å². The summed E-state index contributed by atoms with van der Waals surface area (Å²) in [6, 6.07) is 2.37. The Bertz CT molecular complexity index is 633. The van der Waals surface area contributed by atoms with Gasteiger partial charge in [0.05, 0.1) is 37.5 Å². The largest absolute Gasteiger partial charge is 0.443 e. The lowest BCUT2D eigenvalue weighted by Crippen LogP contribution is -2.46. The molecule has 3 fully saturated rings. The van der Waals surface area contributed by atoms with Crippen molar-refractivity contribution in [1.82, 2.24) is 0 Å². The molecule has 24 heavy (non-hydrogen) atoms. The minimum atomic E-state index is -0.673. The van der Waals surface area contributed by atoms with Gasteiger partial charge in [-0.2, -0.15) is 0 Å². The lowest BCUT2D eigenvalue weighted by atomic mass is 10.1. The second-order valence-corrected chi connectivity index (χ2v) is 6.44. The fourth-order valence-electron chi connectivity index (χ4n) is 3.80. The van der Waals surface area contributed by atoms with Gasteiger partial charge >= 0.3 is 6.09 Å². The summed E-state index contributed by atoms with van der Waals surface area (Å²) in [5, 5.41) is 0. The zero-order chi connectivity index (χ0) is 16.8. The number of fused-ring (bicyclic) bond motifs is 2. The molecule has 2 bridgehead atoms. The first kappa shape index (κ1) is 15.6. The molecule has 0 spiro atoms. The smallest absolute Gasteiger partial charge is 0.414 e. The fourth-order valence-corrected chi connectivity index (χ4v) is 3.80. The summed E-state index contributed by atoms with van der Waals surface area (Å²) in [7, 11) is 0. The molecular formula is C16H19F2N3O3. The van der Waals surface area contributed by atoms with Crippen molar-refractivity contribution >= 4 is 17.5 Å². The van der Waals surface area contributed by atoms with Crippen molar-refractivity contribution in [2.24, 2.45) is 5.73 Å². The van der Waals surface area contributed by atoms with Gasteiger partial charge in [-0.1, -0.05) is 0 Å². The average Bonchev–Trinajstić information content (AvgIpc) is 3.03. The number of carbonyl (C=O) groups is 1. The summed E-state index contributed by atoms with van der Waals surface area (Å²) < 4.78 is 39.9. The molecule has 0 saturated carbocycles. The zero-order valence-corrected chi connectivity index (χ0v) is 13.1. The van der Waals surface area contributed by atoms with Gasteiger partial charge in [0.1, 0.15) is 11.8 Å². The number of hydrogen-bond acceptors (Lipinski definition) is 5. The van der Waals surface area contributed by atoms with Crippen LogP contribution in [0.3, 0.4) is 0 Å². The molecule has 3 heterocycles. The Morgan fingerprint density at radius 3 is 2.33 bits per heavy atom. The standard InChI is InChI=1S/C16H19F2N3O3/c17-13-3-11(20-6-12(5-19)24-16(20)22)4-14(18)15(13)21-9-1-2-10(21)8-23-7-9/h3-4,9-10,12H,1-2,5-8,19H2/t9-,10?,12+/m1/s1. The number of morpholine rings is 1. The van der Waals surface area contributed by atoms with Crippen LogP contribution in [0.15, 0.2) is 12.1 Å². The number of benzene rings is 1. The number of amides is 1. The SMILES string of the molecule is NC[C@H]1CN(c2cc(F)c(N3C4CC[C@@H]3COC4)c(F)c2)C(=O)O1. The van der Waals surface area contributed by atoms with Crippen molar-refractivity contribution in [2.45, 2.75) is 31.0 Å². The molecule has 1 unspecified atom stereocenters. The molecule has 3 aliphatic rings. The Morgan fingerprint density at radius 1 is 1.17 bits per heavy atom. The first-order chi connectivity index (χ1) is 11.6. The van der Waals surface area contributed by atoms with Crippen molar-refractivity contribution in [1.29, 1.82) is 0 Å². The normalized spacial score (nSPS) is 29.3. The van der Waals surface area contributed by atoms with Crippen molar-refractivity contribution in [3.8, 4) is 0 Å². The minimum absolute atomic E-state index is 0.00280. The van der Waals surface area contributed by atoms with Crippen molar-refractivity contribution in [3.05, 3.63) is 23.8 Å². The van der Waals surface area contributed by atoms with Gasteiger partial charge in [-0.3, -0.25) is 4.90 Å². The first-order valence-electron chi connectivity index (χ1n) is 8.12. The molecule has 4 rings (SSSR count). The highest BCUT2D eigenvalue weighted by atomic mass is 19.1. The molecule has 3 saturated heterocycles. The maximum absolute atomic E-state index is 14.7. The van der Waals surface area contributed by atoms with Gasteiger partial charge in [0.15, 0.2) is 11.6 Å². The van der Waals surface area contributed by atoms with Gasteiger partial charge in [-0.25, -0.2) is 13.6 Å². The Kier molecular flexibility index (Phi) is 3.80. The molecule has 6 nitrogen and oxygen atoms in total. The van der Waals surface area contributed by atoms with E-state index in [1.54, 1.807) is 4.90 Å². The molecule has 3 atom stereocenters. The summed E-state index contributed by atoms with van der Waals surface area (Å²) >= 11 is 0. The Hall–Kier alpha value is -1.93. The van der Waals surface area contributed by atoms with Crippen LogP contribution in [0.2, 0.25) is 0 Å². The second kappa shape index (κ2) is 5.86. The third-order valence-electron chi connectivity index (χ3n) is 4.95. The van der Waals surface area contributed by atoms with Gasteiger partial charge in [0, 0.05) is 18.7 Å². The fraction of sp³-hybridized carbons (Fsp3) is 0.562. The molecule has 3 aliphatic heterocycles. The van der Waals surface area contributed by atoms with E-state index in [4.69, 9.17) is 15.2 Å². The lowest BCUT2D eigenvalue weighted by Gasteiger charge is -2.37. The number of cyclic esters (lactones) is 1. The van der Waals surface area contributed by atoms with Gasteiger partial charge in [0.2, 0.25) is 0 Å². The van der Waals surface area contributed by atoms with Gasteiger partial charge in [0.25, 0.3) is 0 Å². The number of rotatable bonds is 3. The van der Waals surface area contributed by atoms with Crippen LogP contribution < -0.4 is 15.5 Å². The molecule has 2 N–H and O–H groups in total. The van der Waals surface area contributed by atoms with E-state index in [-0.39, 0.29) is 36.5 Å². The van der Waals surface area contributed by atoms with Crippen molar-refractivity contribution in [2.75, 3.05) is 36.1 Å². The first-order valence-corrected chi connectivity index (χ1v) is 8.12. The number of carbonyl (C=O) groups excluding carboxylic acids is 1. The Morgan fingerprint density at radius 2 is 1.79 bits per heavy atom. The predicted octanol–water partition coefficient (Wildman–Crippen LogP) is 1.62. The monoisotopic (exact) mass is 339 g/mol. The van der Waals surface area contributed by atoms with E-state index in [1.807, 2.05) is 0 Å². The summed E-state index contributed by atoms with van der Waals surface area (Å²) in [6.07, 6.45) is 0.631. The quantitative estimate of drug-likeness (QED) is 0.906. The molecule has 0 radical (unpaired) electrons. The van der Waals surface area contributed by atoms with Gasteiger partial charge < -0.3 is 20.1 Å². The summed E-state index contributed by atoms with van der Waals surface area (Å²) in [5.41, 5.74) is 5.60. The molecular weight excluding hydrogens is 320 g/mol. The second-order valence-electron chi connectivity index (χ2n) is 6.44. The van der Waals surface area contributed by atoms with E-state index in [2.05, 4.69) is 0 Å². The molecule has 1 amide bonds. The van der Waals surface area contributed by atoms with E-state index in [1.165, 1.54) is 17.0 Å². The van der Waals surface area contributed by atoms with Crippen LogP contribution in [0, 0.1) is 11.6 Å². The lowest BCUT2D eigenvalue weighted by molar-refractivity contribution is 0.0898. The minimum Gasteiger partial charge on any atom is -0.443 e. The molecule has 130 valence electrons. The molecule has 0 aliphatic carbocycles. The number of hydrogen-bond donors (Lipinski definition) is 1. The zero-order valence-electron chi connectivity index (χ0n) is 13.1. The van der Waals surface area contributed by atoms with Crippen LogP contribution in [-0.4, -0.2) is 50.6 Å². The van der Waals surface area contributed by atoms with E-state index < -0.39 is 23.8 Å². The third kappa shape index (κ3) is 2.41. The van der Waals surface area contributed by atoms with E-state index in [9.17, 15) is 13.6 Å². The van der Waals surface area contributed by atoms with E-state index >= 15 is 0 Å². The van der Waals surface area contributed by atoms with Crippen LogP contribution in [0.5, 0.6) is 0 Å². The molecule has 0 aromatic heterocycles. The van der Waals surface area contributed by atoms with Crippen LogP contribution in [0.25, 0.3) is 0 Å². The van der Waals surface area contributed by atoms with Crippen LogP contribution in [0.4, 0.5) is 25.0 Å². The highest BCUT2D eigenvalue weighted by Crippen LogP contribution is 2.39. The maximum Gasteiger partial charge on any atom is 0.414 e. The van der Waals surface area contributed by atoms with Gasteiger partial charge in [-0.15, -0.1) is 0 Å². The third-order valence-corrected chi connectivity index (χ3v) is 4.95. The maximum atomic E-state index is 14.7. The van der Waals surface area contributed by atoms with Crippen molar-refractivity contribution < 1.29 is 23.0 Å². The van der Waals surface area contributed by atoms with Crippen molar-refractivity contribution in [3.63, 3.8) is 0 Å². The topological polar surface area (TPSA) is 68.0 Å². The van der Waals surface area contributed by atoms with Gasteiger partial charge in [-0.05, 0) is 12.8 Å². The summed E-state index contributed by atoms with van der Waals surface area (Å²) in [5.74, 6) is -1.35. The number of nitrogens with two attached hydrogens (primary N) is 1. The molecule has 1 aromatic carbocycles. The number of ether oxygens (including phenoxy) is 2. The number of anilines is 2. The predicted molar refractivity (Wildman–Crippen MR) is 83.1 cm³/mol. The summed E-state index contributed by atoms with van der Waals surface area (Å²) in [4.78, 5) is 14.8. The number of nitrogens with zero attached hydrogens (tertiary/aromatic N) is 2. The molecule has 8 heteroatoms. The van der Waals surface area contributed by atoms with Crippen LogP contribution in [0.1, 0.15) is 12.8 Å². The Balaban J connectivity index is 1.66.